The van der Waals surface area contributed by atoms with Gasteiger partial charge < -0.3 is 14.8 Å². The zero-order valence-corrected chi connectivity index (χ0v) is 18.6. The molecule has 7 nitrogen and oxygen atoms in total. The first-order valence-corrected chi connectivity index (χ1v) is 11.5. The predicted octanol–water partition coefficient (Wildman–Crippen LogP) is 3.12. The van der Waals surface area contributed by atoms with E-state index in [1.165, 1.54) is 16.4 Å². The van der Waals surface area contributed by atoms with Crippen LogP contribution in [0.5, 0.6) is 11.5 Å². The highest BCUT2D eigenvalue weighted by molar-refractivity contribution is 7.89. The van der Waals surface area contributed by atoms with Crippen molar-refractivity contribution in [1.82, 2.24) is 9.62 Å². The Morgan fingerprint density at radius 2 is 1.87 bits per heavy atom. The van der Waals surface area contributed by atoms with Gasteiger partial charge in [0.05, 0.1) is 31.1 Å². The molecular formula is C22H27FN2O5S. The van der Waals surface area contributed by atoms with Crippen molar-refractivity contribution < 1.29 is 27.1 Å². The Bertz CT molecular complexity index is 1030. The van der Waals surface area contributed by atoms with E-state index in [4.69, 9.17) is 9.47 Å². The first-order valence-electron chi connectivity index (χ1n) is 10.0. The number of carbonyl (C=O) groups is 1. The van der Waals surface area contributed by atoms with Crippen LogP contribution in [0.2, 0.25) is 0 Å². The molecule has 168 valence electrons. The van der Waals surface area contributed by atoms with Crippen LogP contribution in [0.25, 0.3) is 0 Å². The van der Waals surface area contributed by atoms with Crippen LogP contribution in [0, 0.1) is 11.7 Å². The number of hydrogen-bond acceptors (Lipinski definition) is 5. The van der Waals surface area contributed by atoms with Crippen molar-refractivity contribution >= 4 is 15.9 Å². The van der Waals surface area contributed by atoms with Crippen LogP contribution in [-0.2, 0) is 14.8 Å². The normalized spacial score (nSPS) is 18.3. The second-order valence-electron chi connectivity index (χ2n) is 7.49. The van der Waals surface area contributed by atoms with Gasteiger partial charge in [0.15, 0.2) is 0 Å². The number of nitrogens with zero attached hydrogens (tertiary/aromatic N) is 1. The molecule has 1 fully saturated rings. The molecule has 9 heteroatoms. The number of halogens is 1. The molecule has 0 unspecified atom stereocenters. The molecule has 0 bridgehead atoms. The van der Waals surface area contributed by atoms with E-state index in [1.54, 1.807) is 32.4 Å². The molecule has 31 heavy (non-hydrogen) atoms. The van der Waals surface area contributed by atoms with Crippen molar-refractivity contribution in [2.45, 2.75) is 30.7 Å². The monoisotopic (exact) mass is 450 g/mol. The lowest BCUT2D eigenvalue weighted by Crippen LogP contribution is -2.45. The lowest BCUT2D eigenvalue weighted by atomic mass is 9.97. The quantitative estimate of drug-likeness (QED) is 0.701. The third-order valence-electron chi connectivity index (χ3n) is 5.47. The molecule has 2 atom stereocenters. The van der Waals surface area contributed by atoms with E-state index in [2.05, 4.69) is 5.32 Å². The number of rotatable bonds is 7. The summed E-state index contributed by atoms with van der Waals surface area (Å²) in [4.78, 5) is 13.0. The number of nitrogens with one attached hydrogen (secondary N) is 1. The van der Waals surface area contributed by atoms with Gasteiger partial charge in [0.2, 0.25) is 15.9 Å². The molecule has 3 rings (SSSR count). The zero-order valence-electron chi connectivity index (χ0n) is 17.8. The minimum absolute atomic E-state index is 0.0180. The van der Waals surface area contributed by atoms with Gasteiger partial charge in [-0.3, -0.25) is 4.79 Å². The maximum atomic E-state index is 13.2. The molecule has 1 saturated heterocycles. The van der Waals surface area contributed by atoms with E-state index in [-0.39, 0.29) is 23.4 Å². The van der Waals surface area contributed by atoms with Gasteiger partial charge in [0.25, 0.3) is 0 Å². The SMILES string of the molecule is COc1ccc(OC)c([C@@H](C)NC(=O)[C@H]2CCCN(S(=O)(=O)c3ccc(F)cc3)C2)c1. The van der Waals surface area contributed by atoms with Gasteiger partial charge >= 0.3 is 0 Å². The largest absolute Gasteiger partial charge is 0.497 e. The zero-order chi connectivity index (χ0) is 22.6. The van der Waals surface area contributed by atoms with Gasteiger partial charge in [0.1, 0.15) is 17.3 Å². The molecule has 1 N–H and O–H groups in total. The summed E-state index contributed by atoms with van der Waals surface area (Å²) < 4.78 is 50.9. The number of carbonyl (C=O) groups excluding carboxylic acids is 1. The molecule has 1 aliphatic heterocycles. The van der Waals surface area contributed by atoms with Crippen LogP contribution in [0.1, 0.15) is 31.4 Å². The number of methoxy groups -OCH3 is 2. The lowest BCUT2D eigenvalue weighted by Gasteiger charge is -2.32. The summed E-state index contributed by atoms with van der Waals surface area (Å²) in [5.41, 5.74) is 0.766. The van der Waals surface area contributed by atoms with E-state index in [0.717, 1.165) is 17.7 Å². The molecule has 2 aromatic carbocycles. The standard InChI is InChI=1S/C22H27FN2O5S/c1-15(20-13-18(29-2)8-11-21(20)30-3)24-22(26)16-5-4-12-25(14-16)31(27,28)19-9-6-17(23)7-10-19/h6-11,13,15-16H,4-5,12,14H2,1-3H3,(H,24,26)/t15-,16+/m1/s1. The lowest BCUT2D eigenvalue weighted by molar-refractivity contribution is -0.126. The molecule has 0 aliphatic carbocycles. The number of hydrogen-bond donors (Lipinski definition) is 1. The highest BCUT2D eigenvalue weighted by atomic mass is 32.2. The van der Waals surface area contributed by atoms with E-state index in [1.807, 2.05) is 6.92 Å². The van der Waals surface area contributed by atoms with Crippen LogP contribution < -0.4 is 14.8 Å². The van der Waals surface area contributed by atoms with Crippen molar-refractivity contribution in [3.8, 4) is 11.5 Å². The molecule has 0 radical (unpaired) electrons. The molecule has 0 saturated carbocycles. The summed E-state index contributed by atoms with van der Waals surface area (Å²) in [7, 11) is -0.678. The number of sulfonamides is 1. The minimum Gasteiger partial charge on any atom is -0.497 e. The summed E-state index contributed by atoms with van der Waals surface area (Å²) in [5.74, 6) is 0.0556. The summed E-state index contributed by atoms with van der Waals surface area (Å²) >= 11 is 0. The van der Waals surface area contributed by atoms with Crippen LogP contribution >= 0.6 is 0 Å². The van der Waals surface area contributed by atoms with Crippen molar-refractivity contribution in [3.63, 3.8) is 0 Å². The summed E-state index contributed by atoms with van der Waals surface area (Å²) in [6, 6.07) is 9.70. The number of amides is 1. The molecule has 1 amide bonds. The Kier molecular flexibility index (Phi) is 7.17. The Morgan fingerprint density at radius 1 is 1.16 bits per heavy atom. The highest BCUT2D eigenvalue weighted by Gasteiger charge is 2.34. The van der Waals surface area contributed by atoms with Crippen molar-refractivity contribution in [3.05, 3.63) is 53.8 Å². The van der Waals surface area contributed by atoms with Crippen LogP contribution in [0.15, 0.2) is 47.4 Å². The molecule has 1 aliphatic rings. The first kappa shape index (κ1) is 23.0. The van der Waals surface area contributed by atoms with Gasteiger partial charge in [-0.1, -0.05) is 0 Å². The van der Waals surface area contributed by atoms with Gasteiger partial charge in [-0.25, -0.2) is 12.8 Å². The predicted molar refractivity (Wildman–Crippen MR) is 114 cm³/mol. The van der Waals surface area contributed by atoms with Gasteiger partial charge in [-0.15, -0.1) is 0 Å². The first-order chi connectivity index (χ1) is 14.8. The number of ether oxygens (including phenoxy) is 2. The fourth-order valence-corrected chi connectivity index (χ4v) is 5.24. The average molecular weight is 451 g/mol. The van der Waals surface area contributed by atoms with Crippen molar-refractivity contribution in [2.75, 3.05) is 27.3 Å². The topological polar surface area (TPSA) is 84.9 Å². The second kappa shape index (κ2) is 9.65. The molecule has 2 aromatic rings. The molecular weight excluding hydrogens is 423 g/mol. The number of benzene rings is 2. The Hall–Kier alpha value is -2.65. The van der Waals surface area contributed by atoms with Gasteiger partial charge in [-0.2, -0.15) is 4.31 Å². The summed E-state index contributed by atoms with van der Waals surface area (Å²) in [6.45, 7) is 2.24. The van der Waals surface area contributed by atoms with E-state index < -0.39 is 21.8 Å². The highest BCUT2D eigenvalue weighted by Crippen LogP contribution is 2.30. The molecule has 0 aromatic heterocycles. The maximum absolute atomic E-state index is 13.2. The molecule has 1 heterocycles. The fraction of sp³-hybridized carbons (Fsp3) is 0.409. The minimum atomic E-state index is -3.80. The second-order valence-corrected chi connectivity index (χ2v) is 9.43. The van der Waals surface area contributed by atoms with E-state index >= 15 is 0 Å². The van der Waals surface area contributed by atoms with Crippen LogP contribution in [0.4, 0.5) is 4.39 Å². The van der Waals surface area contributed by atoms with E-state index in [0.29, 0.717) is 30.9 Å². The Morgan fingerprint density at radius 3 is 2.52 bits per heavy atom. The smallest absolute Gasteiger partial charge is 0.243 e. The van der Waals surface area contributed by atoms with Crippen molar-refractivity contribution in [1.29, 1.82) is 0 Å². The van der Waals surface area contributed by atoms with Gasteiger partial charge in [-0.05, 0) is 62.2 Å². The average Bonchev–Trinajstić information content (AvgIpc) is 2.78. The third-order valence-corrected chi connectivity index (χ3v) is 7.35. The van der Waals surface area contributed by atoms with E-state index in [9.17, 15) is 17.6 Å². The van der Waals surface area contributed by atoms with Crippen LogP contribution in [0.3, 0.4) is 0 Å². The Balaban J connectivity index is 1.72. The van der Waals surface area contributed by atoms with Gasteiger partial charge in [0, 0.05) is 18.7 Å². The number of piperidine rings is 1. The maximum Gasteiger partial charge on any atom is 0.243 e. The Labute approximate surface area is 182 Å². The fourth-order valence-electron chi connectivity index (χ4n) is 3.72. The van der Waals surface area contributed by atoms with Crippen molar-refractivity contribution in [2.24, 2.45) is 5.92 Å². The molecule has 0 spiro atoms. The summed E-state index contributed by atoms with van der Waals surface area (Å²) in [6.07, 6.45) is 1.15. The van der Waals surface area contributed by atoms with Crippen LogP contribution in [-0.4, -0.2) is 45.9 Å². The third kappa shape index (κ3) is 5.16. The summed E-state index contributed by atoms with van der Waals surface area (Å²) in [5, 5.41) is 2.97.